The van der Waals surface area contributed by atoms with Crippen LogP contribution in [0.3, 0.4) is 0 Å². The Bertz CT molecular complexity index is 399. The van der Waals surface area contributed by atoms with E-state index in [0.29, 0.717) is 0 Å². The first-order chi connectivity index (χ1) is 6.33. The van der Waals surface area contributed by atoms with E-state index in [1.54, 1.807) is 12.4 Å². The molecule has 0 amide bonds. The molecule has 0 N–H and O–H groups in total. The summed E-state index contributed by atoms with van der Waals surface area (Å²) in [7, 11) is 1.97. The van der Waals surface area contributed by atoms with E-state index in [-0.39, 0.29) is 0 Å². The fourth-order valence-corrected chi connectivity index (χ4v) is 1.37. The van der Waals surface area contributed by atoms with Crippen molar-refractivity contribution in [1.29, 1.82) is 0 Å². The highest BCUT2D eigenvalue weighted by atomic mass is 15.2. The molecule has 2 aromatic rings. The number of aromatic nitrogens is 4. The maximum Gasteiger partial charge on any atom is 0.214 e. The average molecular weight is 176 g/mol. The number of imidazole rings is 2. The molecule has 0 saturated heterocycles. The molecule has 2 rings (SSSR count). The van der Waals surface area contributed by atoms with Gasteiger partial charge in [0.1, 0.15) is 5.82 Å². The van der Waals surface area contributed by atoms with E-state index in [4.69, 9.17) is 0 Å². The lowest BCUT2D eigenvalue weighted by Gasteiger charge is -2.04. The van der Waals surface area contributed by atoms with Crippen molar-refractivity contribution < 1.29 is 0 Å². The fourth-order valence-electron chi connectivity index (χ4n) is 1.37. The minimum atomic E-state index is 0.911. The third kappa shape index (κ3) is 1.24. The summed E-state index contributed by atoms with van der Waals surface area (Å²) in [4.78, 5) is 8.49. The van der Waals surface area contributed by atoms with Gasteiger partial charge in [0.15, 0.2) is 0 Å². The summed E-state index contributed by atoms with van der Waals surface area (Å²) >= 11 is 0. The third-order valence-electron chi connectivity index (χ3n) is 2.04. The number of nitrogens with zero attached hydrogens (tertiary/aromatic N) is 4. The smallest absolute Gasteiger partial charge is 0.214 e. The van der Waals surface area contributed by atoms with E-state index >= 15 is 0 Å². The van der Waals surface area contributed by atoms with Crippen molar-refractivity contribution in [3.63, 3.8) is 0 Å². The average Bonchev–Trinajstić information content (AvgIpc) is 2.71. The molecule has 0 aliphatic carbocycles. The Balaban J connectivity index is 2.52. The highest BCUT2D eigenvalue weighted by molar-refractivity contribution is 5.16. The quantitative estimate of drug-likeness (QED) is 0.688. The molecule has 0 spiro atoms. The van der Waals surface area contributed by atoms with Gasteiger partial charge < -0.3 is 4.57 Å². The van der Waals surface area contributed by atoms with Crippen molar-refractivity contribution in [2.24, 2.45) is 7.05 Å². The van der Waals surface area contributed by atoms with Crippen LogP contribution in [0, 0.1) is 0 Å². The second kappa shape index (κ2) is 3.05. The van der Waals surface area contributed by atoms with Crippen molar-refractivity contribution in [1.82, 2.24) is 19.1 Å². The van der Waals surface area contributed by atoms with Gasteiger partial charge in [-0.1, -0.05) is 6.92 Å². The van der Waals surface area contributed by atoms with Crippen LogP contribution in [0.25, 0.3) is 5.95 Å². The Morgan fingerprint density at radius 3 is 2.62 bits per heavy atom. The molecule has 0 atom stereocenters. The van der Waals surface area contributed by atoms with Gasteiger partial charge in [-0.05, 0) is 0 Å². The number of hydrogen-bond acceptors (Lipinski definition) is 2. The first-order valence-electron chi connectivity index (χ1n) is 4.33. The molecule has 0 aliphatic rings. The van der Waals surface area contributed by atoms with Gasteiger partial charge in [-0.25, -0.2) is 9.97 Å². The zero-order valence-corrected chi connectivity index (χ0v) is 7.81. The molecule has 4 heteroatoms. The lowest BCUT2D eigenvalue weighted by atomic mass is 10.4. The molecule has 0 saturated carbocycles. The maximum absolute atomic E-state index is 4.25. The summed E-state index contributed by atoms with van der Waals surface area (Å²) in [6, 6.07) is 0. The normalized spacial score (nSPS) is 10.6. The van der Waals surface area contributed by atoms with Crippen molar-refractivity contribution >= 4 is 0 Å². The molecule has 0 aromatic carbocycles. The van der Waals surface area contributed by atoms with Crippen molar-refractivity contribution in [3.05, 3.63) is 30.6 Å². The van der Waals surface area contributed by atoms with Crippen LogP contribution in [-0.4, -0.2) is 19.1 Å². The van der Waals surface area contributed by atoms with E-state index < -0.39 is 0 Å². The first kappa shape index (κ1) is 8.04. The van der Waals surface area contributed by atoms with Gasteiger partial charge in [0.05, 0.1) is 0 Å². The van der Waals surface area contributed by atoms with Crippen LogP contribution in [0.2, 0.25) is 0 Å². The van der Waals surface area contributed by atoms with Crippen LogP contribution in [-0.2, 0) is 13.5 Å². The number of rotatable bonds is 2. The molecular formula is C9H12N4. The van der Waals surface area contributed by atoms with Gasteiger partial charge in [0.25, 0.3) is 0 Å². The SMILES string of the molecule is CCc1nccn1-c1nccn1C. The Morgan fingerprint density at radius 2 is 2.00 bits per heavy atom. The third-order valence-corrected chi connectivity index (χ3v) is 2.04. The summed E-state index contributed by atoms with van der Waals surface area (Å²) in [5, 5.41) is 0. The molecular weight excluding hydrogens is 164 g/mol. The van der Waals surface area contributed by atoms with Crippen LogP contribution >= 0.6 is 0 Å². The summed E-state index contributed by atoms with van der Waals surface area (Å²) in [6.45, 7) is 2.09. The largest absolute Gasteiger partial charge is 0.320 e. The monoisotopic (exact) mass is 176 g/mol. The standard InChI is InChI=1S/C9H12N4/c1-3-8-10-5-7-13(8)9-11-4-6-12(9)2/h4-7H,3H2,1-2H3. The molecule has 68 valence electrons. The maximum atomic E-state index is 4.25. The molecule has 4 nitrogen and oxygen atoms in total. The second-order valence-corrected chi connectivity index (χ2v) is 2.91. The fraction of sp³-hybridized carbons (Fsp3) is 0.333. The lowest BCUT2D eigenvalue weighted by molar-refractivity contribution is 0.777. The Morgan fingerprint density at radius 1 is 1.23 bits per heavy atom. The van der Waals surface area contributed by atoms with E-state index in [1.165, 1.54) is 0 Å². The van der Waals surface area contributed by atoms with Crippen LogP contribution in [0.4, 0.5) is 0 Å². The molecule has 0 fully saturated rings. The lowest BCUT2D eigenvalue weighted by Crippen LogP contribution is -2.05. The minimum Gasteiger partial charge on any atom is -0.320 e. The zero-order valence-electron chi connectivity index (χ0n) is 7.81. The molecule has 0 radical (unpaired) electrons. The molecule has 0 aliphatic heterocycles. The molecule has 2 aromatic heterocycles. The van der Waals surface area contributed by atoms with Crippen molar-refractivity contribution in [3.8, 4) is 5.95 Å². The van der Waals surface area contributed by atoms with Gasteiger partial charge in [0, 0.05) is 38.3 Å². The highest BCUT2D eigenvalue weighted by Crippen LogP contribution is 2.07. The molecule has 0 unspecified atom stereocenters. The highest BCUT2D eigenvalue weighted by Gasteiger charge is 2.05. The molecule has 0 bridgehead atoms. The first-order valence-corrected chi connectivity index (χ1v) is 4.33. The predicted molar refractivity (Wildman–Crippen MR) is 49.7 cm³/mol. The van der Waals surface area contributed by atoms with E-state index in [9.17, 15) is 0 Å². The number of hydrogen-bond donors (Lipinski definition) is 0. The zero-order chi connectivity index (χ0) is 9.26. The van der Waals surface area contributed by atoms with Crippen LogP contribution in [0.15, 0.2) is 24.8 Å². The topological polar surface area (TPSA) is 35.6 Å². The second-order valence-electron chi connectivity index (χ2n) is 2.91. The van der Waals surface area contributed by atoms with E-state index in [0.717, 1.165) is 18.2 Å². The van der Waals surface area contributed by atoms with E-state index in [2.05, 4.69) is 16.9 Å². The van der Waals surface area contributed by atoms with Gasteiger partial charge >= 0.3 is 0 Å². The van der Waals surface area contributed by atoms with Gasteiger partial charge in [0.2, 0.25) is 5.95 Å². The minimum absolute atomic E-state index is 0.911. The van der Waals surface area contributed by atoms with Crippen LogP contribution < -0.4 is 0 Å². The van der Waals surface area contributed by atoms with Gasteiger partial charge in [-0.3, -0.25) is 4.57 Å². The summed E-state index contributed by atoms with van der Waals surface area (Å²) in [5.41, 5.74) is 0. The van der Waals surface area contributed by atoms with Crippen LogP contribution in [0.5, 0.6) is 0 Å². The Labute approximate surface area is 76.9 Å². The number of aryl methyl sites for hydroxylation is 2. The Hall–Kier alpha value is -1.58. The molecule has 13 heavy (non-hydrogen) atoms. The predicted octanol–water partition coefficient (Wildman–Crippen LogP) is 1.17. The Kier molecular flexibility index (Phi) is 1.88. The summed E-state index contributed by atoms with van der Waals surface area (Å²) < 4.78 is 3.97. The molecule has 2 heterocycles. The van der Waals surface area contributed by atoms with Crippen molar-refractivity contribution in [2.45, 2.75) is 13.3 Å². The van der Waals surface area contributed by atoms with Gasteiger partial charge in [-0.15, -0.1) is 0 Å². The van der Waals surface area contributed by atoms with E-state index in [1.807, 2.05) is 28.6 Å². The summed E-state index contributed by atoms with van der Waals surface area (Å²) in [5.74, 6) is 1.95. The summed E-state index contributed by atoms with van der Waals surface area (Å²) in [6.07, 6.45) is 8.36. The van der Waals surface area contributed by atoms with Crippen LogP contribution in [0.1, 0.15) is 12.7 Å². The van der Waals surface area contributed by atoms with Crippen molar-refractivity contribution in [2.75, 3.05) is 0 Å². The van der Waals surface area contributed by atoms with Gasteiger partial charge in [-0.2, -0.15) is 0 Å².